The number of aryl methyl sites for hydroxylation is 1. The number of hydrogen-bond donors (Lipinski definition) is 1. The number of aldehydes is 1. The SMILES string of the molecule is CC.CO.Cn1nc(C(F)F)cc1C=O. The number of halogens is 2. The summed E-state index contributed by atoms with van der Waals surface area (Å²) >= 11 is 0. The Kier molecular flexibility index (Phi) is 9.97. The molecule has 0 aromatic carbocycles. The molecule has 1 aromatic rings. The lowest BCUT2D eigenvalue weighted by Crippen LogP contribution is -1.96. The van der Waals surface area contributed by atoms with E-state index in [0.29, 0.717) is 6.29 Å². The van der Waals surface area contributed by atoms with Gasteiger partial charge in [-0.05, 0) is 6.07 Å². The van der Waals surface area contributed by atoms with Gasteiger partial charge in [0.1, 0.15) is 11.4 Å². The van der Waals surface area contributed by atoms with Crippen LogP contribution in [0.1, 0.15) is 36.5 Å². The van der Waals surface area contributed by atoms with Crippen molar-refractivity contribution in [3.05, 3.63) is 17.5 Å². The minimum absolute atomic E-state index is 0.153. The molecule has 88 valence electrons. The lowest BCUT2D eigenvalue weighted by Gasteiger charge is -1.89. The molecule has 4 nitrogen and oxygen atoms in total. The molecule has 0 amide bonds. The van der Waals surface area contributed by atoms with Crippen molar-refractivity contribution in [2.24, 2.45) is 7.05 Å². The highest BCUT2D eigenvalue weighted by Crippen LogP contribution is 2.16. The average Bonchev–Trinajstić information content (AvgIpc) is 2.66. The van der Waals surface area contributed by atoms with E-state index in [4.69, 9.17) is 5.11 Å². The maximum Gasteiger partial charge on any atom is 0.282 e. The molecule has 6 heteroatoms. The van der Waals surface area contributed by atoms with Crippen molar-refractivity contribution >= 4 is 6.29 Å². The van der Waals surface area contributed by atoms with Crippen LogP contribution >= 0.6 is 0 Å². The number of aliphatic hydroxyl groups is 1. The number of alkyl halides is 2. The largest absolute Gasteiger partial charge is 0.400 e. The molecule has 1 N–H and O–H groups in total. The van der Waals surface area contributed by atoms with Crippen molar-refractivity contribution < 1.29 is 18.7 Å². The number of hydrogen-bond acceptors (Lipinski definition) is 3. The van der Waals surface area contributed by atoms with E-state index in [-0.39, 0.29) is 11.4 Å². The third kappa shape index (κ3) is 5.21. The first-order valence-corrected chi connectivity index (χ1v) is 4.37. The van der Waals surface area contributed by atoms with E-state index < -0.39 is 6.43 Å². The van der Waals surface area contributed by atoms with Crippen molar-refractivity contribution in [1.29, 1.82) is 0 Å². The standard InChI is InChI=1S/C6H6F2N2O.C2H6.CH4O/c1-10-4(3-11)2-5(9-10)6(7)8;2*1-2/h2-3,6H,1H3;1-2H3;2H,1H3. The Morgan fingerprint density at radius 1 is 1.47 bits per heavy atom. The van der Waals surface area contributed by atoms with Crippen LogP contribution in [0, 0.1) is 0 Å². The maximum atomic E-state index is 11.9. The molecule has 0 aliphatic heterocycles. The zero-order valence-corrected chi connectivity index (χ0v) is 9.24. The molecule has 0 atom stereocenters. The minimum Gasteiger partial charge on any atom is -0.400 e. The molecule has 0 unspecified atom stereocenters. The maximum absolute atomic E-state index is 11.9. The third-order valence-corrected chi connectivity index (χ3v) is 1.28. The van der Waals surface area contributed by atoms with Gasteiger partial charge in [0.2, 0.25) is 0 Å². The van der Waals surface area contributed by atoms with E-state index in [0.717, 1.165) is 17.9 Å². The van der Waals surface area contributed by atoms with Crippen molar-refractivity contribution in [3.63, 3.8) is 0 Å². The second-order valence-electron chi connectivity index (χ2n) is 2.04. The van der Waals surface area contributed by atoms with E-state index in [9.17, 15) is 13.6 Å². The Labute approximate surface area is 87.5 Å². The van der Waals surface area contributed by atoms with Gasteiger partial charge in [0.25, 0.3) is 6.43 Å². The molecule has 0 saturated heterocycles. The normalized spacial score (nSPS) is 8.53. The van der Waals surface area contributed by atoms with Crippen molar-refractivity contribution in [1.82, 2.24) is 9.78 Å². The van der Waals surface area contributed by atoms with Crippen LogP contribution in [0.2, 0.25) is 0 Å². The summed E-state index contributed by atoms with van der Waals surface area (Å²) in [7, 11) is 2.44. The van der Waals surface area contributed by atoms with Crippen LogP contribution in [0.3, 0.4) is 0 Å². The van der Waals surface area contributed by atoms with Crippen LogP contribution in [-0.2, 0) is 7.05 Å². The van der Waals surface area contributed by atoms with E-state index >= 15 is 0 Å². The van der Waals surface area contributed by atoms with E-state index in [1.165, 1.54) is 7.05 Å². The van der Waals surface area contributed by atoms with Gasteiger partial charge in [-0.3, -0.25) is 9.48 Å². The van der Waals surface area contributed by atoms with E-state index in [2.05, 4.69) is 5.10 Å². The Bertz CT molecular complexity index is 275. The van der Waals surface area contributed by atoms with Crippen LogP contribution in [0.5, 0.6) is 0 Å². The van der Waals surface area contributed by atoms with E-state index in [1.807, 2.05) is 13.8 Å². The number of rotatable bonds is 2. The second kappa shape index (κ2) is 9.26. The number of aliphatic hydroxyl groups excluding tert-OH is 1. The summed E-state index contributed by atoms with van der Waals surface area (Å²) in [5, 5.41) is 10.4. The van der Waals surface area contributed by atoms with Crippen LogP contribution in [-0.4, -0.2) is 28.3 Å². The lowest BCUT2D eigenvalue weighted by atomic mass is 10.4. The second-order valence-corrected chi connectivity index (χ2v) is 2.04. The fraction of sp³-hybridized carbons (Fsp3) is 0.556. The fourth-order valence-corrected chi connectivity index (χ4v) is 0.722. The summed E-state index contributed by atoms with van der Waals surface area (Å²) in [5.41, 5.74) is -0.213. The van der Waals surface area contributed by atoms with Crippen molar-refractivity contribution in [2.75, 3.05) is 7.11 Å². The summed E-state index contributed by atoms with van der Waals surface area (Å²) in [4.78, 5) is 10.2. The number of carbonyl (C=O) groups excluding carboxylic acids is 1. The fourth-order valence-electron chi connectivity index (χ4n) is 0.722. The average molecular weight is 222 g/mol. The number of aromatic nitrogens is 2. The minimum atomic E-state index is -2.62. The quantitative estimate of drug-likeness (QED) is 0.776. The van der Waals surface area contributed by atoms with Crippen LogP contribution in [0.4, 0.5) is 8.78 Å². The van der Waals surface area contributed by atoms with Crippen molar-refractivity contribution in [2.45, 2.75) is 20.3 Å². The summed E-state index contributed by atoms with van der Waals surface area (Å²) in [6, 6.07) is 1.07. The summed E-state index contributed by atoms with van der Waals surface area (Å²) in [6.45, 7) is 4.00. The molecule has 15 heavy (non-hydrogen) atoms. The number of nitrogens with zero attached hydrogens (tertiary/aromatic N) is 2. The third-order valence-electron chi connectivity index (χ3n) is 1.28. The van der Waals surface area contributed by atoms with Gasteiger partial charge in [-0.1, -0.05) is 13.8 Å². The van der Waals surface area contributed by atoms with Gasteiger partial charge >= 0.3 is 0 Å². The molecular formula is C9H16F2N2O2. The van der Waals surface area contributed by atoms with Crippen molar-refractivity contribution in [3.8, 4) is 0 Å². The molecule has 0 bridgehead atoms. The Balaban J connectivity index is 0. The van der Waals surface area contributed by atoms with Gasteiger partial charge in [0.15, 0.2) is 6.29 Å². The molecule has 0 spiro atoms. The number of carbonyl (C=O) groups is 1. The zero-order chi connectivity index (χ0) is 12.4. The first-order chi connectivity index (χ1) is 7.15. The molecule has 1 rings (SSSR count). The zero-order valence-electron chi connectivity index (χ0n) is 9.24. The smallest absolute Gasteiger partial charge is 0.282 e. The highest BCUT2D eigenvalue weighted by molar-refractivity contribution is 5.72. The summed E-state index contributed by atoms with van der Waals surface area (Å²) in [5.74, 6) is 0. The van der Waals surface area contributed by atoms with Crippen LogP contribution in [0.25, 0.3) is 0 Å². The summed E-state index contributed by atoms with van der Waals surface area (Å²) < 4.78 is 24.9. The molecule has 0 fully saturated rings. The van der Waals surface area contributed by atoms with Gasteiger partial charge in [-0.15, -0.1) is 0 Å². The highest BCUT2D eigenvalue weighted by Gasteiger charge is 2.12. The topological polar surface area (TPSA) is 55.1 Å². The van der Waals surface area contributed by atoms with Crippen LogP contribution in [0.15, 0.2) is 6.07 Å². The molecule has 1 aromatic heterocycles. The predicted octanol–water partition coefficient (Wildman–Crippen LogP) is 1.80. The van der Waals surface area contributed by atoms with Gasteiger partial charge in [-0.2, -0.15) is 5.10 Å². The van der Waals surface area contributed by atoms with Gasteiger partial charge < -0.3 is 5.11 Å². The van der Waals surface area contributed by atoms with Gasteiger partial charge in [0.05, 0.1) is 0 Å². The van der Waals surface area contributed by atoms with E-state index in [1.54, 1.807) is 0 Å². The van der Waals surface area contributed by atoms with Gasteiger partial charge in [-0.25, -0.2) is 8.78 Å². The highest BCUT2D eigenvalue weighted by atomic mass is 19.3. The molecule has 0 saturated carbocycles. The molecule has 0 aliphatic carbocycles. The predicted molar refractivity (Wildman–Crippen MR) is 53.0 cm³/mol. The molecule has 1 heterocycles. The first kappa shape index (κ1) is 16.1. The molecule has 0 radical (unpaired) electrons. The summed E-state index contributed by atoms with van der Waals surface area (Å²) in [6.07, 6.45) is -2.13. The van der Waals surface area contributed by atoms with Crippen LogP contribution < -0.4 is 0 Å². The Hall–Kier alpha value is -1.30. The lowest BCUT2D eigenvalue weighted by molar-refractivity contribution is 0.111. The Morgan fingerprint density at radius 2 is 1.93 bits per heavy atom. The molecular weight excluding hydrogens is 206 g/mol. The van der Waals surface area contributed by atoms with Gasteiger partial charge in [0, 0.05) is 14.2 Å². The monoisotopic (exact) mass is 222 g/mol. The first-order valence-electron chi connectivity index (χ1n) is 4.37. The Morgan fingerprint density at radius 3 is 2.13 bits per heavy atom. The molecule has 0 aliphatic rings.